The molecule has 0 radical (unpaired) electrons. The number of benzene rings is 1. The predicted octanol–water partition coefficient (Wildman–Crippen LogP) is 4.00. The number of para-hydroxylation sites is 1. The van der Waals surface area contributed by atoms with Crippen LogP contribution in [0.1, 0.15) is 38.5 Å². The lowest BCUT2D eigenvalue weighted by atomic mass is 10.1. The van der Waals surface area contributed by atoms with Gasteiger partial charge in [-0.1, -0.05) is 37.8 Å². The first-order valence-electron chi connectivity index (χ1n) is 7.84. The average molecular weight is 306 g/mol. The van der Waals surface area contributed by atoms with E-state index in [9.17, 15) is 4.79 Å². The van der Waals surface area contributed by atoms with Crippen LogP contribution in [0.2, 0.25) is 0 Å². The molecular formula is C17H26N2OS. The van der Waals surface area contributed by atoms with Crippen molar-refractivity contribution in [3.63, 3.8) is 0 Å². The Morgan fingerprint density at radius 3 is 2.57 bits per heavy atom. The van der Waals surface area contributed by atoms with Gasteiger partial charge in [-0.05, 0) is 38.3 Å². The van der Waals surface area contributed by atoms with Crippen molar-refractivity contribution in [1.82, 2.24) is 4.90 Å². The molecule has 4 heteroatoms. The summed E-state index contributed by atoms with van der Waals surface area (Å²) >= 11 is 1.66. The van der Waals surface area contributed by atoms with Crippen molar-refractivity contribution in [2.75, 3.05) is 25.2 Å². The number of nitrogens with zero attached hydrogens (tertiary/aromatic N) is 1. The number of thioether (sulfide) groups is 1. The zero-order valence-corrected chi connectivity index (χ0v) is 13.9. The van der Waals surface area contributed by atoms with Gasteiger partial charge in [0.25, 0.3) is 0 Å². The number of carbonyl (C=O) groups excluding carboxylic acids is 1. The number of amides is 1. The summed E-state index contributed by atoms with van der Waals surface area (Å²) in [6.45, 7) is 0.480. The third-order valence-corrected chi connectivity index (χ3v) is 5.02. The molecule has 1 fully saturated rings. The van der Waals surface area contributed by atoms with Crippen LogP contribution in [0.15, 0.2) is 29.2 Å². The Labute approximate surface area is 132 Å². The van der Waals surface area contributed by atoms with E-state index in [2.05, 4.69) is 17.3 Å². The Morgan fingerprint density at radius 1 is 1.24 bits per heavy atom. The van der Waals surface area contributed by atoms with E-state index in [1.807, 2.05) is 30.5 Å². The summed E-state index contributed by atoms with van der Waals surface area (Å²) in [5.41, 5.74) is 0.921. The van der Waals surface area contributed by atoms with E-state index in [0.717, 1.165) is 10.6 Å². The first-order chi connectivity index (χ1) is 10.2. The Hall–Kier alpha value is -1.00. The van der Waals surface area contributed by atoms with E-state index in [-0.39, 0.29) is 5.91 Å². The van der Waals surface area contributed by atoms with Gasteiger partial charge in [0, 0.05) is 10.9 Å². The maximum Gasteiger partial charge on any atom is 0.238 e. The molecule has 1 aromatic rings. The van der Waals surface area contributed by atoms with Gasteiger partial charge in [-0.25, -0.2) is 0 Å². The molecule has 116 valence electrons. The molecule has 0 atom stereocenters. The second kappa shape index (κ2) is 8.44. The Kier molecular flexibility index (Phi) is 6.58. The molecule has 0 heterocycles. The van der Waals surface area contributed by atoms with Crippen molar-refractivity contribution in [2.45, 2.75) is 49.5 Å². The van der Waals surface area contributed by atoms with Gasteiger partial charge >= 0.3 is 0 Å². The van der Waals surface area contributed by atoms with Crippen LogP contribution in [0.5, 0.6) is 0 Å². The highest BCUT2D eigenvalue weighted by Gasteiger charge is 2.19. The molecule has 21 heavy (non-hydrogen) atoms. The summed E-state index contributed by atoms with van der Waals surface area (Å²) in [5, 5.41) is 3.05. The van der Waals surface area contributed by atoms with E-state index in [1.165, 1.54) is 38.5 Å². The predicted molar refractivity (Wildman–Crippen MR) is 91.0 cm³/mol. The van der Waals surface area contributed by atoms with Crippen LogP contribution in [0.3, 0.4) is 0 Å². The minimum absolute atomic E-state index is 0.0863. The normalized spacial score (nSPS) is 16.7. The first kappa shape index (κ1) is 16.4. The Balaban J connectivity index is 1.88. The lowest BCUT2D eigenvalue weighted by Gasteiger charge is -2.26. The van der Waals surface area contributed by atoms with E-state index in [1.54, 1.807) is 11.8 Å². The van der Waals surface area contributed by atoms with Crippen molar-refractivity contribution in [3.05, 3.63) is 24.3 Å². The number of anilines is 1. The van der Waals surface area contributed by atoms with Gasteiger partial charge in [0.05, 0.1) is 12.2 Å². The monoisotopic (exact) mass is 306 g/mol. The number of rotatable bonds is 5. The number of likely N-dealkylation sites (N-methyl/N-ethyl adjacent to an activating group) is 1. The maximum absolute atomic E-state index is 12.3. The Bertz CT molecular complexity index is 456. The van der Waals surface area contributed by atoms with Crippen LogP contribution < -0.4 is 5.32 Å². The molecule has 1 N–H and O–H groups in total. The van der Waals surface area contributed by atoms with Gasteiger partial charge in [-0.15, -0.1) is 11.8 Å². The van der Waals surface area contributed by atoms with E-state index in [0.29, 0.717) is 12.6 Å². The molecule has 1 aromatic carbocycles. The standard InChI is InChI=1S/C17H26N2OS/c1-19(14-9-5-3-4-6-10-14)13-17(20)18-15-11-7-8-12-16(15)21-2/h7-8,11-12,14H,3-6,9-10,13H2,1-2H3,(H,18,20). The van der Waals surface area contributed by atoms with Gasteiger partial charge in [-0.2, -0.15) is 0 Å². The summed E-state index contributed by atoms with van der Waals surface area (Å²) in [4.78, 5) is 15.6. The van der Waals surface area contributed by atoms with Crippen LogP contribution in [-0.4, -0.2) is 36.7 Å². The van der Waals surface area contributed by atoms with Crippen LogP contribution in [0.4, 0.5) is 5.69 Å². The highest BCUT2D eigenvalue weighted by molar-refractivity contribution is 7.98. The SMILES string of the molecule is CSc1ccccc1NC(=O)CN(C)C1CCCCCC1. The number of hydrogen-bond donors (Lipinski definition) is 1. The fraction of sp³-hybridized carbons (Fsp3) is 0.588. The van der Waals surface area contributed by atoms with Crippen molar-refractivity contribution in [3.8, 4) is 0 Å². The molecule has 0 bridgehead atoms. The largest absolute Gasteiger partial charge is 0.324 e. The fourth-order valence-corrected chi connectivity index (χ4v) is 3.55. The van der Waals surface area contributed by atoms with Gasteiger partial charge in [0.15, 0.2) is 0 Å². The molecule has 1 aliphatic carbocycles. The molecule has 0 aliphatic heterocycles. The molecule has 0 saturated heterocycles. The zero-order valence-electron chi connectivity index (χ0n) is 13.1. The highest BCUT2D eigenvalue weighted by atomic mass is 32.2. The summed E-state index contributed by atoms with van der Waals surface area (Å²) in [6.07, 6.45) is 9.77. The number of carbonyl (C=O) groups is 1. The molecule has 0 spiro atoms. The van der Waals surface area contributed by atoms with E-state index in [4.69, 9.17) is 0 Å². The highest BCUT2D eigenvalue weighted by Crippen LogP contribution is 2.25. The van der Waals surface area contributed by atoms with Crippen molar-refractivity contribution in [1.29, 1.82) is 0 Å². The summed E-state index contributed by atoms with van der Waals surface area (Å²) in [7, 11) is 2.08. The summed E-state index contributed by atoms with van der Waals surface area (Å²) < 4.78 is 0. The molecule has 2 rings (SSSR count). The zero-order chi connectivity index (χ0) is 15.1. The Morgan fingerprint density at radius 2 is 1.90 bits per heavy atom. The average Bonchev–Trinajstić information content (AvgIpc) is 2.76. The minimum atomic E-state index is 0.0863. The van der Waals surface area contributed by atoms with Crippen molar-refractivity contribution >= 4 is 23.4 Å². The van der Waals surface area contributed by atoms with Crippen LogP contribution in [0.25, 0.3) is 0 Å². The fourth-order valence-electron chi connectivity index (χ4n) is 2.99. The van der Waals surface area contributed by atoms with Gasteiger partial charge in [-0.3, -0.25) is 9.69 Å². The van der Waals surface area contributed by atoms with Crippen LogP contribution in [0, 0.1) is 0 Å². The molecule has 1 saturated carbocycles. The lowest BCUT2D eigenvalue weighted by molar-refractivity contribution is -0.117. The van der Waals surface area contributed by atoms with Crippen LogP contribution in [-0.2, 0) is 4.79 Å². The summed E-state index contributed by atoms with van der Waals surface area (Å²) in [5.74, 6) is 0.0863. The van der Waals surface area contributed by atoms with E-state index < -0.39 is 0 Å². The second-order valence-corrected chi connectivity index (χ2v) is 6.66. The third-order valence-electron chi connectivity index (χ3n) is 4.22. The van der Waals surface area contributed by atoms with Crippen molar-refractivity contribution < 1.29 is 4.79 Å². The smallest absolute Gasteiger partial charge is 0.238 e. The van der Waals surface area contributed by atoms with Gasteiger partial charge in [0.2, 0.25) is 5.91 Å². The summed E-state index contributed by atoms with van der Waals surface area (Å²) in [6, 6.07) is 8.53. The van der Waals surface area contributed by atoms with Gasteiger partial charge < -0.3 is 5.32 Å². The third kappa shape index (κ3) is 5.04. The second-order valence-electron chi connectivity index (χ2n) is 5.81. The lowest BCUT2D eigenvalue weighted by Crippen LogP contribution is -2.37. The maximum atomic E-state index is 12.3. The molecule has 1 aliphatic rings. The first-order valence-corrected chi connectivity index (χ1v) is 9.06. The number of hydrogen-bond acceptors (Lipinski definition) is 3. The molecule has 1 amide bonds. The molecule has 0 aromatic heterocycles. The minimum Gasteiger partial charge on any atom is -0.324 e. The van der Waals surface area contributed by atoms with Gasteiger partial charge in [0.1, 0.15) is 0 Å². The van der Waals surface area contributed by atoms with Crippen LogP contribution >= 0.6 is 11.8 Å². The molecule has 0 unspecified atom stereocenters. The molecular weight excluding hydrogens is 280 g/mol. The van der Waals surface area contributed by atoms with Crippen molar-refractivity contribution in [2.24, 2.45) is 0 Å². The quantitative estimate of drug-likeness (QED) is 0.659. The topological polar surface area (TPSA) is 32.3 Å². The molecule has 3 nitrogen and oxygen atoms in total. The van der Waals surface area contributed by atoms with E-state index >= 15 is 0 Å². The number of nitrogens with one attached hydrogen (secondary N) is 1.